The first kappa shape index (κ1) is 13.1. The van der Waals surface area contributed by atoms with Crippen molar-refractivity contribution in [1.29, 1.82) is 0 Å². The quantitative estimate of drug-likeness (QED) is 0.899. The smallest absolute Gasteiger partial charge is 0.109 e. The molecule has 0 aliphatic carbocycles. The fraction of sp³-hybridized carbons (Fsp3) is 0.357. The van der Waals surface area contributed by atoms with Crippen LogP contribution in [0.25, 0.3) is 0 Å². The first-order valence-electron chi connectivity index (χ1n) is 6.12. The number of nitrogens with one attached hydrogen (secondary N) is 1. The number of nitrogens with zero attached hydrogens (tertiary/aromatic N) is 2. The molecule has 0 saturated carbocycles. The standard InChI is InChI=1S/C14H18ClN3/c1-11(12-4-3-5-13(15)10-12)16-7-6-14-17-8-9-18(14)2/h3-5,8-11,16H,6-7H2,1-2H3/t11-/m0/s1. The van der Waals surface area contributed by atoms with E-state index >= 15 is 0 Å². The molecule has 0 bridgehead atoms. The summed E-state index contributed by atoms with van der Waals surface area (Å²) in [5.41, 5.74) is 1.21. The maximum absolute atomic E-state index is 5.98. The second-order valence-corrected chi connectivity index (χ2v) is 4.87. The Kier molecular flexibility index (Phi) is 4.39. The Balaban J connectivity index is 1.85. The normalized spacial score (nSPS) is 12.6. The van der Waals surface area contributed by atoms with Gasteiger partial charge in [-0.3, -0.25) is 0 Å². The van der Waals surface area contributed by atoms with Crippen molar-refractivity contribution in [2.45, 2.75) is 19.4 Å². The highest BCUT2D eigenvalue weighted by atomic mass is 35.5. The molecule has 4 heteroatoms. The van der Waals surface area contributed by atoms with Gasteiger partial charge in [0.1, 0.15) is 5.82 Å². The minimum absolute atomic E-state index is 0.295. The van der Waals surface area contributed by atoms with Crippen LogP contribution in [-0.4, -0.2) is 16.1 Å². The maximum atomic E-state index is 5.98. The monoisotopic (exact) mass is 263 g/mol. The topological polar surface area (TPSA) is 29.9 Å². The van der Waals surface area contributed by atoms with Gasteiger partial charge in [-0.25, -0.2) is 4.98 Å². The highest BCUT2D eigenvalue weighted by Gasteiger charge is 2.05. The molecular weight excluding hydrogens is 246 g/mol. The van der Waals surface area contributed by atoms with E-state index in [0.29, 0.717) is 6.04 Å². The lowest BCUT2D eigenvalue weighted by Gasteiger charge is -2.14. The minimum atomic E-state index is 0.295. The Morgan fingerprint density at radius 3 is 2.94 bits per heavy atom. The highest BCUT2D eigenvalue weighted by Crippen LogP contribution is 2.17. The second-order valence-electron chi connectivity index (χ2n) is 4.44. The number of benzene rings is 1. The van der Waals surface area contributed by atoms with Crippen LogP contribution in [0.2, 0.25) is 5.02 Å². The molecule has 0 spiro atoms. The number of hydrogen-bond acceptors (Lipinski definition) is 2. The van der Waals surface area contributed by atoms with Gasteiger partial charge in [-0.2, -0.15) is 0 Å². The van der Waals surface area contributed by atoms with Gasteiger partial charge in [0.25, 0.3) is 0 Å². The van der Waals surface area contributed by atoms with E-state index in [1.807, 2.05) is 42.2 Å². The van der Waals surface area contributed by atoms with Gasteiger partial charge < -0.3 is 9.88 Å². The van der Waals surface area contributed by atoms with E-state index in [4.69, 9.17) is 11.6 Å². The molecule has 0 saturated heterocycles. The van der Waals surface area contributed by atoms with Crippen molar-refractivity contribution < 1.29 is 0 Å². The number of imidazole rings is 1. The average Bonchev–Trinajstić information content (AvgIpc) is 2.75. The first-order chi connectivity index (χ1) is 8.66. The zero-order chi connectivity index (χ0) is 13.0. The van der Waals surface area contributed by atoms with Crippen LogP contribution in [0.3, 0.4) is 0 Å². The molecule has 0 fully saturated rings. The second kappa shape index (κ2) is 6.03. The molecule has 0 unspecified atom stereocenters. The van der Waals surface area contributed by atoms with Gasteiger partial charge in [0.05, 0.1) is 0 Å². The summed E-state index contributed by atoms with van der Waals surface area (Å²) in [7, 11) is 2.02. The zero-order valence-electron chi connectivity index (χ0n) is 10.7. The van der Waals surface area contributed by atoms with Gasteiger partial charge in [0, 0.05) is 43.5 Å². The third-order valence-corrected chi connectivity index (χ3v) is 3.30. The number of aromatic nitrogens is 2. The molecular formula is C14H18ClN3. The van der Waals surface area contributed by atoms with Crippen LogP contribution in [0.5, 0.6) is 0 Å². The van der Waals surface area contributed by atoms with Crippen molar-refractivity contribution in [1.82, 2.24) is 14.9 Å². The SMILES string of the molecule is C[C@H](NCCc1nccn1C)c1cccc(Cl)c1. The van der Waals surface area contributed by atoms with Crippen LogP contribution in [0.4, 0.5) is 0 Å². The molecule has 2 rings (SSSR count). The number of halogens is 1. The molecule has 1 N–H and O–H groups in total. The fourth-order valence-electron chi connectivity index (χ4n) is 1.93. The van der Waals surface area contributed by atoms with E-state index < -0.39 is 0 Å². The summed E-state index contributed by atoms with van der Waals surface area (Å²) < 4.78 is 2.05. The van der Waals surface area contributed by atoms with E-state index in [0.717, 1.165) is 23.8 Å². The van der Waals surface area contributed by atoms with Crippen molar-refractivity contribution in [3.8, 4) is 0 Å². The molecule has 3 nitrogen and oxygen atoms in total. The predicted octanol–water partition coefficient (Wildman–Crippen LogP) is 2.97. The molecule has 1 aromatic carbocycles. The lowest BCUT2D eigenvalue weighted by Crippen LogP contribution is -2.22. The van der Waals surface area contributed by atoms with E-state index in [1.54, 1.807) is 0 Å². The van der Waals surface area contributed by atoms with Gasteiger partial charge in [0.15, 0.2) is 0 Å². The maximum Gasteiger partial charge on any atom is 0.109 e. The number of aryl methyl sites for hydroxylation is 1. The van der Waals surface area contributed by atoms with Gasteiger partial charge in [-0.05, 0) is 24.6 Å². The summed E-state index contributed by atoms with van der Waals surface area (Å²) >= 11 is 5.98. The van der Waals surface area contributed by atoms with Crippen molar-refractivity contribution in [3.63, 3.8) is 0 Å². The summed E-state index contributed by atoms with van der Waals surface area (Å²) in [4.78, 5) is 4.30. The molecule has 1 atom stereocenters. The Morgan fingerprint density at radius 2 is 2.28 bits per heavy atom. The largest absolute Gasteiger partial charge is 0.338 e. The van der Waals surface area contributed by atoms with Crippen LogP contribution in [0, 0.1) is 0 Å². The zero-order valence-corrected chi connectivity index (χ0v) is 11.5. The van der Waals surface area contributed by atoms with Crippen LogP contribution in [-0.2, 0) is 13.5 Å². The molecule has 0 aliphatic heterocycles. The van der Waals surface area contributed by atoms with Crippen molar-refractivity contribution in [3.05, 3.63) is 53.1 Å². The van der Waals surface area contributed by atoms with Crippen molar-refractivity contribution in [2.75, 3.05) is 6.54 Å². The molecule has 1 heterocycles. The molecule has 1 aromatic heterocycles. The summed E-state index contributed by atoms with van der Waals surface area (Å²) in [5, 5.41) is 4.26. The number of hydrogen-bond donors (Lipinski definition) is 1. The number of rotatable bonds is 5. The average molecular weight is 264 g/mol. The molecule has 2 aromatic rings. The van der Waals surface area contributed by atoms with Gasteiger partial charge in [0.2, 0.25) is 0 Å². The van der Waals surface area contributed by atoms with Crippen molar-refractivity contribution >= 4 is 11.6 Å². The van der Waals surface area contributed by atoms with Crippen LogP contribution in [0.15, 0.2) is 36.7 Å². The Bertz CT molecular complexity index is 507. The summed E-state index contributed by atoms with van der Waals surface area (Å²) in [6, 6.07) is 8.26. The van der Waals surface area contributed by atoms with Gasteiger partial charge in [-0.15, -0.1) is 0 Å². The van der Waals surface area contributed by atoms with E-state index in [1.165, 1.54) is 5.56 Å². The third-order valence-electron chi connectivity index (χ3n) is 3.07. The Hall–Kier alpha value is -1.32. The minimum Gasteiger partial charge on any atom is -0.338 e. The Morgan fingerprint density at radius 1 is 1.44 bits per heavy atom. The molecule has 0 radical (unpaired) electrons. The molecule has 96 valence electrons. The molecule has 18 heavy (non-hydrogen) atoms. The van der Waals surface area contributed by atoms with Crippen LogP contribution < -0.4 is 5.32 Å². The third kappa shape index (κ3) is 3.34. The fourth-order valence-corrected chi connectivity index (χ4v) is 2.13. The van der Waals surface area contributed by atoms with E-state index in [2.05, 4.69) is 23.3 Å². The van der Waals surface area contributed by atoms with Gasteiger partial charge >= 0.3 is 0 Å². The summed E-state index contributed by atoms with van der Waals surface area (Å²) in [6.07, 6.45) is 4.72. The summed E-state index contributed by atoms with van der Waals surface area (Å²) in [5.74, 6) is 1.10. The lowest BCUT2D eigenvalue weighted by molar-refractivity contribution is 0.565. The highest BCUT2D eigenvalue weighted by molar-refractivity contribution is 6.30. The first-order valence-corrected chi connectivity index (χ1v) is 6.49. The van der Waals surface area contributed by atoms with Crippen molar-refractivity contribution in [2.24, 2.45) is 7.05 Å². The van der Waals surface area contributed by atoms with E-state index in [9.17, 15) is 0 Å². The predicted molar refractivity (Wildman–Crippen MR) is 74.8 cm³/mol. The van der Waals surface area contributed by atoms with E-state index in [-0.39, 0.29) is 0 Å². The molecule has 0 aliphatic rings. The lowest BCUT2D eigenvalue weighted by atomic mass is 10.1. The molecule has 0 amide bonds. The van der Waals surface area contributed by atoms with Crippen LogP contribution in [0.1, 0.15) is 24.4 Å². The Labute approximate surface area is 113 Å². The van der Waals surface area contributed by atoms with Crippen LogP contribution >= 0.6 is 11.6 Å². The van der Waals surface area contributed by atoms with Gasteiger partial charge in [-0.1, -0.05) is 23.7 Å². The summed E-state index contributed by atoms with van der Waals surface area (Å²) in [6.45, 7) is 3.04.